The molecule has 1 aliphatic heterocycles. The molecule has 4 saturated carbocycles. The first-order valence-corrected chi connectivity index (χ1v) is 10.9. The van der Waals surface area contributed by atoms with Crippen LogP contribution in [0.5, 0.6) is 0 Å². The summed E-state index contributed by atoms with van der Waals surface area (Å²) in [6.45, 7) is 1.03. The maximum atomic E-state index is 13.0. The van der Waals surface area contributed by atoms with Crippen molar-refractivity contribution in [3.63, 3.8) is 0 Å². The van der Waals surface area contributed by atoms with E-state index in [0.717, 1.165) is 49.9 Å². The van der Waals surface area contributed by atoms with Crippen LogP contribution in [0.3, 0.4) is 0 Å². The third kappa shape index (κ3) is 2.93. The summed E-state index contributed by atoms with van der Waals surface area (Å²) < 4.78 is 25.0. The second kappa shape index (κ2) is 5.45. The molecule has 4 aliphatic carbocycles. The summed E-state index contributed by atoms with van der Waals surface area (Å²) >= 11 is 0. The Morgan fingerprint density at radius 1 is 1.09 bits per heavy atom. The Hall–Kier alpha value is -0.620. The van der Waals surface area contributed by atoms with E-state index in [4.69, 9.17) is 0 Å². The Labute approximate surface area is 139 Å². The first-order valence-electron chi connectivity index (χ1n) is 9.10. The largest absolute Gasteiger partial charge is 0.352 e. The standard InChI is InChI=1S/C17H28N2O3S/c1-23(21,22)19-4-2-3-15(11-19)18-16(20)17-8-12-5-13(9-17)7-14(6-12)10-17/h12-15H,2-11H2,1H3,(H,18,20). The van der Waals surface area contributed by atoms with Gasteiger partial charge in [-0.05, 0) is 69.1 Å². The molecule has 5 nitrogen and oxygen atoms in total. The van der Waals surface area contributed by atoms with Crippen LogP contribution in [-0.4, -0.2) is 44.0 Å². The molecule has 1 unspecified atom stereocenters. The fraction of sp³-hybridized carbons (Fsp3) is 0.941. The van der Waals surface area contributed by atoms with Gasteiger partial charge in [0.15, 0.2) is 0 Å². The molecule has 0 spiro atoms. The van der Waals surface area contributed by atoms with Gasteiger partial charge >= 0.3 is 0 Å². The van der Waals surface area contributed by atoms with Crippen molar-refractivity contribution in [3.05, 3.63) is 0 Å². The van der Waals surface area contributed by atoms with E-state index in [0.29, 0.717) is 13.1 Å². The Balaban J connectivity index is 1.44. The molecule has 0 aromatic rings. The predicted octanol–water partition coefficient (Wildman–Crippen LogP) is 1.74. The summed E-state index contributed by atoms with van der Waals surface area (Å²) in [5.41, 5.74) is -0.137. The molecule has 0 radical (unpaired) electrons. The van der Waals surface area contributed by atoms with Gasteiger partial charge in [-0.15, -0.1) is 0 Å². The molecule has 1 atom stereocenters. The van der Waals surface area contributed by atoms with Gasteiger partial charge < -0.3 is 5.32 Å². The third-order valence-electron chi connectivity index (χ3n) is 6.71. The van der Waals surface area contributed by atoms with Gasteiger partial charge in [-0.25, -0.2) is 12.7 Å². The molecule has 6 heteroatoms. The van der Waals surface area contributed by atoms with Crippen LogP contribution in [-0.2, 0) is 14.8 Å². The first-order chi connectivity index (χ1) is 10.8. The van der Waals surface area contributed by atoms with E-state index in [1.54, 1.807) is 0 Å². The SMILES string of the molecule is CS(=O)(=O)N1CCCC(NC(=O)C23CC4CC(CC(C4)C2)C3)C1. The van der Waals surface area contributed by atoms with E-state index >= 15 is 0 Å². The van der Waals surface area contributed by atoms with Crippen LogP contribution in [0.1, 0.15) is 51.4 Å². The molecular weight excluding hydrogens is 312 g/mol. The maximum Gasteiger partial charge on any atom is 0.226 e. The van der Waals surface area contributed by atoms with E-state index in [1.165, 1.54) is 29.8 Å². The van der Waals surface area contributed by atoms with Crippen molar-refractivity contribution in [3.8, 4) is 0 Å². The summed E-state index contributed by atoms with van der Waals surface area (Å²) in [6.07, 6.45) is 10.2. The van der Waals surface area contributed by atoms with E-state index in [9.17, 15) is 13.2 Å². The van der Waals surface area contributed by atoms with E-state index < -0.39 is 10.0 Å². The van der Waals surface area contributed by atoms with Gasteiger partial charge in [0.25, 0.3) is 0 Å². The van der Waals surface area contributed by atoms with Crippen LogP contribution < -0.4 is 5.32 Å². The van der Waals surface area contributed by atoms with E-state index in [-0.39, 0.29) is 17.4 Å². The number of hydrogen-bond acceptors (Lipinski definition) is 3. The molecule has 5 rings (SSSR count). The first kappa shape index (κ1) is 15.9. The summed E-state index contributed by atoms with van der Waals surface area (Å²) in [6, 6.07) is -0.0148. The third-order valence-corrected chi connectivity index (χ3v) is 7.98. The van der Waals surface area contributed by atoms with Crippen molar-refractivity contribution in [2.24, 2.45) is 23.2 Å². The normalized spacial score (nSPS) is 43.5. The van der Waals surface area contributed by atoms with Gasteiger partial charge in [-0.3, -0.25) is 4.79 Å². The second-order valence-electron chi connectivity index (χ2n) is 8.63. The Morgan fingerprint density at radius 3 is 2.17 bits per heavy atom. The molecule has 1 amide bonds. The molecule has 5 aliphatic rings. The number of carbonyl (C=O) groups excluding carboxylic acids is 1. The van der Waals surface area contributed by atoms with Crippen LogP contribution in [0.4, 0.5) is 0 Å². The molecule has 5 fully saturated rings. The number of rotatable bonds is 3. The number of amides is 1. The lowest BCUT2D eigenvalue weighted by Crippen LogP contribution is -2.57. The molecule has 1 saturated heterocycles. The monoisotopic (exact) mass is 340 g/mol. The minimum atomic E-state index is -3.16. The molecule has 1 N–H and O–H groups in total. The van der Waals surface area contributed by atoms with Gasteiger partial charge in [0.2, 0.25) is 15.9 Å². The Kier molecular flexibility index (Phi) is 3.76. The van der Waals surface area contributed by atoms with Crippen molar-refractivity contribution in [2.75, 3.05) is 19.3 Å². The zero-order chi connectivity index (χ0) is 16.2. The molecular formula is C17H28N2O3S. The fourth-order valence-corrected chi connectivity index (χ4v) is 7.00. The van der Waals surface area contributed by atoms with Crippen LogP contribution >= 0.6 is 0 Å². The average Bonchev–Trinajstić information content (AvgIpc) is 2.45. The summed E-state index contributed by atoms with van der Waals surface area (Å²) in [5.74, 6) is 2.49. The lowest BCUT2D eigenvalue weighted by molar-refractivity contribution is -0.147. The average molecular weight is 340 g/mol. The quantitative estimate of drug-likeness (QED) is 0.851. The van der Waals surface area contributed by atoms with Crippen LogP contribution in [0.15, 0.2) is 0 Å². The van der Waals surface area contributed by atoms with Crippen LogP contribution in [0, 0.1) is 23.2 Å². The van der Waals surface area contributed by atoms with Gasteiger partial charge in [-0.2, -0.15) is 0 Å². The van der Waals surface area contributed by atoms with Gasteiger partial charge in [0.05, 0.1) is 6.26 Å². The molecule has 1 heterocycles. The number of hydrogen-bond donors (Lipinski definition) is 1. The predicted molar refractivity (Wildman–Crippen MR) is 88.2 cm³/mol. The van der Waals surface area contributed by atoms with Crippen molar-refractivity contribution >= 4 is 15.9 Å². The number of sulfonamides is 1. The van der Waals surface area contributed by atoms with Crippen molar-refractivity contribution in [1.29, 1.82) is 0 Å². The van der Waals surface area contributed by atoms with Gasteiger partial charge in [0, 0.05) is 24.5 Å². The van der Waals surface area contributed by atoms with E-state index in [1.807, 2.05) is 0 Å². The molecule has 130 valence electrons. The lowest BCUT2D eigenvalue weighted by Gasteiger charge is -2.56. The molecule has 4 bridgehead atoms. The van der Waals surface area contributed by atoms with Gasteiger partial charge in [0.1, 0.15) is 0 Å². The van der Waals surface area contributed by atoms with Crippen LogP contribution in [0.25, 0.3) is 0 Å². The number of nitrogens with one attached hydrogen (secondary N) is 1. The summed E-state index contributed by atoms with van der Waals surface area (Å²) in [4.78, 5) is 13.0. The van der Waals surface area contributed by atoms with Gasteiger partial charge in [-0.1, -0.05) is 0 Å². The smallest absolute Gasteiger partial charge is 0.226 e. The topological polar surface area (TPSA) is 66.5 Å². The van der Waals surface area contributed by atoms with Crippen molar-refractivity contribution in [1.82, 2.24) is 9.62 Å². The number of piperidine rings is 1. The Morgan fingerprint density at radius 2 is 1.65 bits per heavy atom. The maximum absolute atomic E-state index is 13.0. The molecule has 0 aromatic carbocycles. The highest BCUT2D eigenvalue weighted by Gasteiger charge is 2.54. The van der Waals surface area contributed by atoms with Crippen molar-refractivity contribution < 1.29 is 13.2 Å². The summed E-state index contributed by atoms with van der Waals surface area (Å²) in [7, 11) is -3.16. The minimum absolute atomic E-state index is 0.0148. The highest BCUT2D eigenvalue weighted by molar-refractivity contribution is 7.88. The van der Waals surface area contributed by atoms with E-state index in [2.05, 4.69) is 5.32 Å². The number of carbonyl (C=O) groups is 1. The summed E-state index contributed by atoms with van der Waals surface area (Å²) in [5, 5.41) is 3.23. The van der Waals surface area contributed by atoms with Crippen molar-refractivity contribution in [2.45, 2.75) is 57.4 Å². The zero-order valence-electron chi connectivity index (χ0n) is 14.0. The second-order valence-corrected chi connectivity index (χ2v) is 10.6. The fourth-order valence-electron chi connectivity index (χ4n) is 6.09. The minimum Gasteiger partial charge on any atom is -0.352 e. The Bertz CT molecular complexity index is 566. The highest BCUT2D eigenvalue weighted by Crippen LogP contribution is 2.60. The van der Waals surface area contributed by atoms with Crippen LogP contribution in [0.2, 0.25) is 0 Å². The number of nitrogens with zero attached hydrogens (tertiary/aromatic N) is 1. The zero-order valence-corrected chi connectivity index (χ0v) is 14.8. The molecule has 0 aromatic heterocycles. The molecule has 23 heavy (non-hydrogen) atoms. The highest BCUT2D eigenvalue weighted by atomic mass is 32.2. The lowest BCUT2D eigenvalue weighted by atomic mass is 9.49.